The summed E-state index contributed by atoms with van der Waals surface area (Å²) in [4.78, 5) is 8.31. The highest BCUT2D eigenvalue weighted by atomic mass is 35.5. The standard InChI is InChI=1S/C22H23ClN4O4/c23-20-17(12-6-8-15(9-7-12)31-14-4-2-1-3-5-14)21(27-22(24)26-20)25-16-10-13(11-28)18(29)19(16)30/h1-9,13,16,18-19,28-30H,10-11H2,(H3,24,25,26,27). The Kier molecular flexibility index (Phi) is 6.24. The number of nitrogens with zero attached hydrogens (tertiary/aromatic N) is 2. The number of nitrogen functional groups attached to an aromatic ring is 1. The third kappa shape index (κ3) is 4.57. The lowest BCUT2D eigenvalue weighted by Gasteiger charge is -2.21. The monoisotopic (exact) mass is 442 g/mol. The van der Waals surface area contributed by atoms with Gasteiger partial charge in [-0.15, -0.1) is 0 Å². The molecule has 0 spiro atoms. The molecule has 1 aromatic heterocycles. The molecule has 6 N–H and O–H groups in total. The zero-order chi connectivity index (χ0) is 22.0. The van der Waals surface area contributed by atoms with Gasteiger partial charge in [0.15, 0.2) is 0 Å². The number of hydrogen-bond acceptors (Lipinski definition) is 8. The van der Waals surface area contributed by atoms with Crippen molar-refractivity contribution in [1.29, 1.82) is 0 Å². The van der Waals surface area contributed by atoms with Crippen molar-refractivity contribution in [3.63, 3.8) is 0 Å². The first-order chi connectivity index (χ1) is 15.0. The molecule has 0 saturated heterocycles. The van der Waals surface area contributed by atoms with Crippen molar-refractivity contribution in [3.8, 4) is 22.6 Å². The molecule has 0 bridgehead atoms. The third-order valence-corrected chi connectivity index (χ3v) is 5.64. The normalized spacial score (nSPS) is 23.0. The minimum atomic E-state index is -1.07. The van der Waals surface area contributed by atoms with E-state index in [9.17, 15) is 15.3 Å². The molecule has 4 rings (SSSR count). The van der Waals surface area contributed by atoms with E-state index in [4.69, 9.17) is 22.1 Å². The van der Waals surface area contributed by atoms with Gasteiger partial charge in [0.2, 0.25) is 5.95 Å². The van der Waals surface area contributed by atoms with E-state index in [-0.39, 0.29) is 17.7 Å². The van der Waals surface area contributed by atoms with Crippen LogP contribution in [0.15, 0.2) is 54.6 Å². The molecule has 0 aliphatic heterocycles. The molecule has 1 heterocycles. The number of nitrogens with one attached hydrogen (secondary N) is 1. The number of hydrogen-bond donors (Lipinski definition) is 5. The SMILES string of the molecule is Nc1nc(Cl)c(-c2ccc(Oc3ccccc3)cc2)c(NC2CC(CO)C(O)C2O)n1. The summed E-state index contributed by atoms with van der Waals surface area (Å²) in [7, 11) is 0. The summed E-state index contributed by atoms with van der Waals surface area (Å²) >= 11 is 6.39. The van der Waals surface area contributed by atoms with Crippen LogP contribution in [0.3, 0.4) is 0 Å². The summed E-state index contributed by atoms with van der Waals surface area (Å²) in [5.74, 6) is 1.26. The summed E-state index contributed by atoms with van der Waals surface area (Å²) in [6, 6.07) is 16.1. The maximum Gasteiger partial charge on any atom is 0.223 e. The van der Waals surface area contributed by atoms with Crippen molar-refractivity contribution < 1.29 is 20.1 Å². The molecule has 31 heavy (non-hydrogen) atoms. The lowest BCUT2D eigenvalue weighted by atomic mass is 10.1. The van der Waals surface area contributed by atoms with Crippen LogP contribution < -0.4 is 15.8 Å². The Morgan fingerprint density at radius 2 is 1.68 bits per heavy atom. The molecule has 2 aromatic carbocycles. The first-order valence-corrected chi connectivity index (χ1v) is 10.2. The van der Waals surface area contributed by atoms with Crippen LogP contribution >= 0.6 is 11.6 Å². The van der Waals surface area contributed by atoms with Crippen molar-refractivity contribution >= 4 is 23.4 Å². The van der Waals surface area contributed by atoms with Gasteiger partial charge in [0.1, 0.15) is 28.6 Å². The van der Waals surface area contributed by atoms with Crippen LogP contribution in [-0.4, -0.2) is 50.1 Å². The molecule has 1 saturated carbocycles. The van der Waals surface area contributed by atoms with Crippen LogP contribution in [0.2, 0.25) is 5.15 Å². The Balaban J connectivity index is 1.61. The molecule has 3 aromatic rings. The number of aliphatic hydroxyl groups excluding tert-OH is 3. The van der Waals surface area contributed by atoms with Crippen LogP contribution in [0, 0.1) is 5.92 Å². The van der Waals surface area contributed by atoms with E-state index in [1.165, 1.54) is 0 Å². The van der Waals surface area contributed by atoms with Gasteiger partial charge in [0.05, 0.1) is 17.7 Å². The Hall–Kier alpha value is -2.91. The smallest absolute Gasteiger partial charge is 0.223 e. The lowest BCUT2D eigenvalue weighted by Crippen LogP contribution is -2.35. The third-order valence-electron chi connectivity index (χ3n) is 5.36. The fourth-order valence-corrected chi connectivity index (χ4v) is 4.03. The quantitative estimate of drug-likeness (QED) is 0.368. The van der Waals surface area contributed by atoms with E-state index >= 15 is 0 Å². The molecule has 8 nitrogen and oxygen atoms in total. The predicted molar refractivity (Wildman–Crippen MR) is 118 cm³/mol. The largest absolute Gasteiger partial charge is 0.457 e. The van der Waals surface area contributed by atoms with Gasteiger partial charge in [-0.05, 0) is 36.2 Å². The molecule has 9 heteroatoms. The second kappa shape index (κ2) is 9.07. The van der Waals surface area contributed by atoms with Crippen molar-refractivity contribution in [1.82, 2.24) is 9.97 Å². The molecule has 1 fully saturated rings. The van der Waals surface area contributed by atoms with Gasteiger partial charge in [-0.3, -0.25) is 0 Å². The van der Waals surface area contributed by atoms with Crippen molar-refractivity contribution in [2.24, 2.45) is 5.92 Å². The molecule has 162 valence electrons. The van der Waals surface area contributed by atoms with E-state index in [0.717, 1.165) is 11.3 Å². The number of aromatic nitrogens is 2. The number of ether oxygens (including phenoxy) is 1. The molecule has 1 aliphatic carbocycles. The molecule has 1 aliphatic rings. The molecule has 4 atom stereocenters. The zero-order valence-corrected chi connectivity index (χ0v) is 17.3. The van der Waals surface area contributed by atoms with Crippen LogP contribution in [0.1, 0.15) is 6.42 Å². The van der Waals surface area contributed by atoms with Crippen LogP contribution in [-0.2, 0) is 0 Å². The van der Waals surface area contributed by atoms with E-state index in [0.29, 0.717) is 23.6 Å². The fourth-order valence-electron chi connectivity index (χ4n) is 3.75. The first-order valence-electron chi connectivity index (χ1n) is 9.86. The zero-order valence-electron chi connectivity index (χ0n) is 16.5. The van der Waals surface area contributed by atoms with E-state index in [1.54, 1.807) is 12.1 Å². The van der Waals surface area contributed by atoms with Crippen LogP contribution in [0.4, 0.5) is 11.8 Å². The Labute approximate surface area is 184 Å². The van der Waals surface area contributed by atoms with Gasteiger partial charge in [-0.2, -0.15) is 4.98 Å². The van der Waals surface area contributed by atoms with Gasteiger partial charge in [0, 0.05) is 12.5 Å². The minimum absolute atomic E-state index is 0.0213. The summed E-state index contributed by atoms with van der Waals surface area (Å²) < 4.78 is 5.82. The van der Waals surface area contributed by atoms with Gasteiger partial charge in [-0.25, -0.2) is 4.98 Å². The molecular formula is C22H23ClN4O4. The number of nitrogens with two attached hydrogens (primary N) is 1. The highest BCUT2D eigenvalue weighted by Gasteiger charge is 2.41. The number of aliphatic hydroxyl groups is 3. The second-order valence-electron chi connectivity index (χ2n) is 7.45. The highest BCUT2D eigenvalue weighted by Crippen LogP contribution is 2.37. The van der Waals surface area contributed by atoms with Crippen molar-refractivity contribution in [2.75, 3.05) is 17.7 Å². The summed E-state index contributed by atoms with van der Waals surface area (Å²) in [6.07, 6.45) is -1.74. The Morgan fingerprint density at radius 1 is 1.00 bits per heavy atom. The molecule has 0 radical (unpaired) electrons. The Morgan fingerprint density at radius 3 is 2.32 bits per heavy atom. The summed E-state index contributed by atoms with van der Waals surface area (Å²) in [5, 5.41) is 33.1. The van der Waals surface area contributed by atoms with Crippen LogP contribution in [0.5, 0.6) is 11.5 Å². The number of rotatable bonds is 6. The summed E-state index contributed by atoms with van der Waals surface area (Å²) in [5.41, 5.74) is 7.02. The number of para-hydroxylation sites is 1. The lowest BCUT2D eigenvalue weighted by molar-refractivity contribution is 0.00446. The topological polar surface area (TPSA) is 134 Å². The van der Waals surface area contributed by atoms with E-state index in [2.05, 4.69) is 15.3 Å². The number of benzene rings is 2. The second-order valence-corrected chi connectivity index (χ2v) is 7.80. The summed E-state index contributed by atoms with van der Waals surface area (Å²) in [6.45, 7) is -0.223. The van der Waals surface area contributed by atoms with Gasteiger partial charge in [0.25, 0.3) is 0 Å². The van der Waals surface area contributed by atoms with Crippen molar-refractivity contribution in [3.05, 3.63) is 59.8 Å². The Bertz CT molecular complexity index is 1040. The minimum Gasteiger partial charge on any atom is -0.457 e. The van der Waals surface area contributed by atoms with E-state index in [1.807, 2.05) is 42.5 Å². The van der Waals surface area contributed by atoms with Gasteiger partial charge in [-0.1, -0.05) is 41.9 Å². The predicted octanol–water partition coefficient (Wildman–Crippen LogP) is 2.69. The van der Waals surface area contributed by atoms with E-state index < -0.39 is 24.2 Å². The maximum absolute atomic E-state index is 10.3. The fraction of sp³-hybridized carbons (Fsp3) is 0.273. The van der Waals surface area contributed by atoms with Gasteiger partial charge < -0.3 is 31.1 Å². The van der Waals surface area contributed by atoms with Crippen LogP contribution in [0.25, 0.3) is 11.1 Å². The highest BCUT2D eigenvalue weighted by molar-refractivity contribution is 6.32. The van der Waals surface area contributed by atoms with Crippen molar-refractivity contribution in [2.45, 2.75) is 24.7 Å². The number of halogens is 1. The first kappa shape index (κ1) is 21.3. The van der Waals surface area contributed by atoms with Gasteiger partial charge >= 0.3 is 0 Å². The average molecular weight is 443 g/mol. The maximum atomic E-state index is 10.3. The average Bonchev–Trinajstić information content (AvgIpc) is 3.03. The molecule has 4 unspecified atom stereocenters. The number of anilines is 2. The molecular weight excluding hydrogens is 420 g/mol. The molecule has 0 amide bonds.